The molecule has 1 aliphatic heterocycles. The lowest BCUT2D eigenvalue weighted by molar-refractivity contribution is -0.116. The molecule has 0 saturated carbocycles. The summed E-state index contributed by atoms with van der Waals surface area (Å²) < 4.78 is 28.7. The van der Waals surface area contributed by atoms with Crippen molar-refractivity contribution in [3.8, 4) is 11.1 Å². The van der Waals surface area contributed by atoms with Gasteiger partial charge in [0.1, 0.15) is 0 Å². The lowest BCUT2D eigenvalue weighted by Gasteiger charge is -2.37. The molecule has 1 aromatic heterocycles. The van der Waals surface area contributed by atoms with Crippen molar-refractivity contribution in [3.63, 3.8) is 0 Å². The average Bonchev–Trinajstić information content (AvgIpc) is 3.26. The third-order valence-electron chi connectivity index (χ3n) is 5.07. The minimum atomic E-state index is -3.30. The Hall–Kier alpha value is -3.65. The zero-order valence-electron chi connectivity index (χ0n) is 17.0. The molecule has 0 radical (unpaired) electrons. The normalized spacial score (nSPS) is 13.8. The van der Waals surface area contributed by atoms with Crippen LogP contribution in [-0.4, -0.2) is 33.0 Å². The van der Waals surface area contributed by atoms with Crippen LogP contribution in [0, 0.1) is 0 Å². The van der Waals surface area contributed by atoms with Gasteiger partial charge in [-0.25, -0.2) is 8.42 Å². The number of nitrogens with zero attached hydrogens (tertiary/aromatic N) is 2. The van der Waals surface area contributed by atoms with Gasteiger partial charge in [-0.3, -0.25) is 19.4 Å². The van der Waals surface area contributed by atoms with Crippen molar-refractivity contribution in [2.75, 3.05) is 22.6 Å². The minimum absolute atomic E-state index is 0.128. The van der Waals surface area contributed by atoms with Gasteiger partial charge in [0.25, 0.3) is 5.91 Å². The second kappa shape index (κ2) is 7.55. The molecule has 0 fully saturated rings. The molecule has 0 spiro atoms. The first-order valence-electron chi connectivity index (χ1n) is 9.45. The van der Waals surface area contributed by atoms with Crippen LogP contribution in [0.25, 0.3) is 11.1 Å². The Morgan fingerprint density at radius 1 is 1.00 bits per heavy atom. The van der Waals surface area contributed by atoms with Crippen molar-refractivity contribution in [2.45, 2.75) is 11.8 Å². The molecule has 0 bridgehead atoms. The number of anilines is 2. The first kappa shape index (κ1) is 20.6. The number of benzene rings is 2. The van der Waals surface area contributed by atoms with Crippen LogP contribution in [-0.2, 0) is 14.6 Å². The lowest BCUT2D eigenvalue weighted by atomic mass is 10.0. The van der Waals surface area contributed by atoms with Gasteiger partial charge in [0.05, 0.1) is 29.1 Å². The van der Waals surface area contributed by atoms with E-state index in [-0.39, 0.29) is 29.0 Å². The SMILES string of the molecule is C=C1CN(C(=O)c2ccco2)c2cc(-c3ccc(S(C)(=O)=O)cc3)ccc2N1C(C)=O. The summed E-state index contributed by atoms with van der Waals surface area (Å²) in [5.41, 5.74) is 3.10. The number of carbonyl (C=O) groups excluding carboxylic acids is 2. The first-order chi connectivity index (χ1) is 14.7. The van der Waals surface area contributed by atoms with E-state index < -0.39 is 9.84 Å². The van der Waals surface area contributed by atoms with Crippen LogP contribution in [0.5, 0.6) is 0 Å². The number of hydrogen-bond donors (Lipinski definition) is 0. The van der Waals surface area contributed by atoms with Crippen molar-refractivity contribution in [1.29, 1.82) is 0 Å². The Morgan fingerprint density at radius 2 is 1.68 bits per heavy atom. The topological polar surface area (TPSA) is 87.9 Å². The number of fused-ring (bicyclic) bond motifs is 1. The van der Waals surface area contributed by atoms with E-state index in [0.29, 0.717) is 17.1 Å². The zero-order valence-corrected chi connectivity index (χ0v) is 17.8. The molecule has 158 valence electrons. The predicted octanol–water partition coefficient (Wildman–Crippen LogP) is 3.88. The number of sulfone groups is 1. The number of carbonyl (C=O) groups is 2. The summed E-state index contributed by atoms with van der Waals surface area (Å²) in [6, 6.07) is 15.1. The summed E-state index contributed by atoms with van der Waals surface area (Å²) in [4.78, 5) is 28.5. The molecule has 4 rings (SSSR count). The Kier molecular flexibility index (Phi) is 5.02. The second-order valence-corrected chi connectivity index (χ2v) is 9.31. The van der Waals surface area contributed by atoms with Gasteiger partial charge in [0.2, 0.25) is 5.91 Å². The Bertz CT molecular complexity index is 1290. The molecule has 3 aromatic rings. The number of rotatable bonds is 3. The van der Waals surface area contributed by atoms with Crippen LogP contribution in [0.4, 0.5) is 11.4 Å². The van der Waals surface area contributed by atoms with Crippen LogP contribution in [0.3, 0.4) is 0 Å². The van der Waals surface area contributed by atoms with E-state index in [1.54, 1.807) is 48.5 Å². The standard InChI is InChI=1S/C23H20N2O5S/c1-15-14-24(23(27)22-5-4-12-30-22)21-13-18(8-11-20(21)25(15)16(2)26)17-6-9-19(10-7-17)31(3,28)29/h4-13H,1,14H2,2-3H3. The van der Waals surface area contributed by atoms with Gasteiger partial charge in [-0.1, -0.05) is 24.8 Å². The first-order valence-corrected chi connectivity index (χ1v) is 11.3. The van der Waals surface area contributed by atoms with Gasteiger partial charge < -0.3 is 4.42 Å². The molecule has 0 aliphatic carbocycles. The number of amides is 2. The number of furan rings is 1. The quantitative estimate of drug-likeness (QED) is 0.622. The van der Waals surface area contributed by atoms with Crippen LogP contribution < -0.4 is 9.80 Å². The van der Waals surface area contributed by atoms with E-state index in [1.807, 2.05) is 6.07 Å². The maximum atomic E-state index is 13.1. The Morgan fingerprint density at radius 3 is 2.26 bits per heavy atom. The molecule has 0 N–H and O–H groups in total. The van der Waals surface area contributed by atoms with E-state index >= 15 is 0 Å². The second-order valence-electron chi connectivity index (χ2n) is 7.29. The molecule has 0 unspecified atom stereocenters. The van der Waals surface area contributed by atoms with Crippen molar-refractivity contribution in [1.82, 2.24) is 0 Å². The fourth-order valence-electron chi connectivity index (χ4n) is 3.62. The Labute approximate surface area is 180 Å². The molecule has 1 aliphatic rings. The molecule has 7 nitrogen and oxygen atoms in total. The average molecular weight is 436 g/mol. The molecule has 2 heterocycles. The van der Waals surface area contributed by atoms with Gasteiger partial charge in [-0.15, -0.1) is 0 Å². The maximum absolute atomic E-state index is 13.1. The molecular formula is C23H20N2O5S. The van der Waals surface area contributed by atoms with Crippen molar-refractivity contribution >= 4 is 33.0 Å². The van der Waals surface area contributed by atoms with Gasteiger partial charge >= 0.3 is 0 Å². The third kappa shape index (κ3) is 3.77. The highest BCUT2D eigenvalue weighted by Gasteiger charge is 2.33. The molecular weight excluding hydrogens is 416 g/mol. The molecule has 2 amide bonds. The van der Waals surface area contributed by atoms with Crippen molar-refractivity contribution in [3.05, 3.63) is 78.9 Å². The largest absolute Gasteiger partial charge is 0.459 e. The monoisotopic (exact) mass is 436 g/mol. The highest BCUT2D eigenvalue weighted by Crippen LogP contribution is 2.40. The van der Waals surface area contributed by atoms with Crippen molar-refractivity contribution < 1.29 is 22.4 Å². The van der Waals surface area contributed by atoms with E-state index in [2.05, 4.69) is 6.58 Å². The molecule has 0 atom stereocenters. The highest BCUT2D eigenvalue weighted by molar-refractivity contribution is 7.90. The zero-order chi connectivity index (χ0) is 22.3. The fraction of sp³-hybridized carbons (Fsp3) is 0.130. The molecule has 31 heavy (non-hydrogen) atoms. The van der Waals surface area contributed by atoms with Crippen LogP contribution in [0.15, 0.2) is 82.4 Å². The van der Waals surface area contributed by atoms with Crippen molar-refractivity contribution in [2.24, 2.45) is 0 Å². The Balaban J connectivity index is 1.82. The summed E-state index contributed by atoms with van der Waals surface area (Å²) >= 11 is 0. The summed E-state index contributed by atoms with van der Waals surface area (Å²) in [6.45, 7) is 5.54. The van der Waals surface area contributed by atoms with E-state index in [1.165, 1.54) is 23.0 Å². The summed E-state index contributed by atoms with van der Waals surface area (Å²) in [5.74, 6) is -0.375. The summed E-state index contributed by atoms with van der Waals surface area (Å²) in [7, 11) is -3.30. The summed E-state index contributed by atoms with van der Waals surface area (Å²) in [5, 5.41) is 0. The van der Waals surface area contributed by atoms with Crippen LogP contribution in [0.1, 0.15) is 17.5 Å². The van der Waals surface area contributed by atoms with Gasteiger partial charge in [-0.2, -0.15) is 0 Å². The fourth-order valence-corrected chi connectivity index (χ4v) is 4.25. The maximum Gasteiger partial charge on any atom is 0.294 e. The van der Waals surface area contributed by atoms with Gasteiger partial charge in [0, 0.05) is 18.9 Å². The lowest BCUT2D eigenvalue weighted by Crippen LogP contribution is -2.43. The van der Waals surface area contributed by atoms with Gasteiger partial charge in [-0.05, 0) is 47.5 Å². The van der Waals surface area contributed by atoms with E-state index in [4.69, 9.17) is 4.42 Å². The third-order valence-corrected chi connectivity index (χ3v) is 6.20. The van der Waals surface area contributed by atoms with Gasteiger partial charge in [0.15, 0.2) is 15.6 Å². The minimum Gasteiger partial charge on any atom is -0.459 e. The molecule has 0 saturated heterocycles. The smallest absolute Gasteiger partial charge is 0.294 e. The molecule has 2 aromatic carbocycles. The predicted molar refractivity (Wildman–Crippen MR) is 118 cm³/mol. The van der Waals surface area contributed by atoms with Crippen LogP contribution >= 0.6 is 0 Å². The highest BCUT2D eigenvalue weighted by atomic mass is 32.2. The molecule has 8 heteroatoms. The van der Waals surface area contributed by atoms with E-state index in [9.17, 15) is 18.0 Å². The summed E-state index contributed by atoms with van der Waals surface area (Å²) in [6.07, 6.45) is 2.58. The van der Waals surface area contributed by atoms with E-state index in [0.717, 1.165) is 17.4 Å². The number of hydrogen-bond acceptors (Lipinski definition) is 5. The van der Waals surface area contributed by atoms with Crippen LogP contribution in [0.2, 0.25) is 0 Å².